The predicted octanol–water partition coefficient (Wildman–Crippen LogP) is 2.95. The number of carbonyl (C=O) groups excluding carboxylic acids is 1. The number of hydrogen-bond acceptors (Lipinski definition) is 2. The van der Waals surface area contributed by atoms with Crippen LogP contribution >= 0.6 is 0 Å². The maximum atomic E-state index is 13.7. The minimum Gasteiger partial charge on any atom is -0.342 e. The topological polar surface area (TPSA) is 32.3 Å². The van der Waals surface area contributed by atoms with E-state index in [1.165, 1.54) is 6.07 Å². The maximum absolute atomic E-state index is 13.7. The van der Waals surface area contributed by atoms with Gasteiger partial charge in [0.15, 0.2) is 0 Å². The van der Waals surface area contributed by atoms with Gasteiger partial charge >= 0.3 is 0 Å². The Kier molecular flexibility index (Phi) is 4.77. The Bertz CT molecular complexity index is 530. The molecule has 2 aliphatic rings. The summed E-state index contributed by atoms with van der Waals surface area (Å²) in [6, 6.07) is 7.29. The van der Waals surface area contributed by atoms with E-state index in [1.54, 1.807) is 6.07 Å². The second-order valence-electron chi connectivity index (χ2n) is 6.59. The Labute approximate surface area is 131 Å². The van der Waals surface area contributed by atoms with Gasteiger partial charge in [0.2, 0.25) is 5.91 Å². The van der Waals surface area contributed by atoms with Crippen LogP contribution in [-0.4, -0.2) is 29.9 Å². The molecule has 1 aromatic rings. The average molecular weight is 304 g/mol. The standard InChI is InChI=1S/C18H25FN2O/c1-2-13-12-21(18(22)14-7-8-14)10-9-17(13)20-11-15-5-3-4-6-16(15)19/h3-6,13-14,17,20H,2,7-12H2,1H3. The van der Waals surface area contributed by atoms with E-state index in [2.05, 4.69) is 12.2 Å². The highest BCUT2D eigenvalue weighted by molar-refractivity contribution is 5.81. The summed E-state index contributed by atoms with van der Waals surface area (Å²) in [6.45, 7) is 4.42. The normalized spacial score (nSPS) is 25.3. The number of nitrogens with one attached hydrogen (secondary N) is 1. The summed E-state index contributed by atoms with van der Waals surface area (Å²) < 4.78 is 13.7. The van der Waals surface area contributed by atoms with Crippen molar-refractivity contribution >= 4 is 5.91 Å². The molecule has 22 heavy (non-hydrogen) atoms. The number of hydrogen-bond donors (Lipinski definition) is 1. The van der Waals surface area contributed by atoms with Crippen LogP contribution in [0.25, 0.3) is 0 Å². The van der Waals surface area contributed by atoms with Gasteiger partial charge in [0.05, 0.1) is 0 Å². The van der Waals surface area contributed by atoms with Crippen molar-refractivity contribution in [3.05, 3.63) is 35.6 Å². The second-order valence-corrected chi connectivity index (χ2v) is 6.59. The molecular weight excluding hydrogens is 279 g/mol. The zero-order chi connectivity index (χ0) is 15.5. The molecule has 1 saturated heterocycles. The summed E-state index contributed by atoms with van der Waals surface area (Å²) >= 11 is 0. The van der Waals surface area contributed by atoms with Crippen LogP contribution in [0.15, 0.2) is 24.3 Å². The monoisotopic (exact) mass is 304 g/mol. The molecule has 1 saturated carbocycles. The van der Waals surface area contributed by atoms with Crippen LogP contribution < -0.4 is 5.32 Å². The molecular formula is C18H25FN2O. The molecule has 1 aliphatic heterocycles. The van der Waals surface area contributed by atoms with Crippen molar-refractivity contribution in [1.29, 1.82) is 0 Å². The molecule has 1 amide bonds. The number of carbonyl (C=O) groups is 1. The van der Waals surface area contributed by atoms with E-state index in [9.17, 15) is 9.18 Å². The number of benzene rings is 1. The SMILES string of the molecule is CCC1CN(C(=O)C2CC2)CCC1NCc1ccccc1F. The third-order valence-corrected chi connectivity index (χ3v) is 5.01. The van der Waals surface area contributed by atoms with Crippen LogP contribution in [0.3, 0.4) is 0 Å². The fraction of sp³-hybridized carbons (Fsp3) is 0.611. The van der Waals surface area contributed by atoms with E-state index in [-0.39, 0.29) is 5.82 Å². The summed E-state index contributed by atoms with van der Waals surface area (Å²) in [5.74, 6) is 0.971. The first-order chi connectivity index (χ1) is 10.7. The molecule has 1 aromatic carbocycles. The molecule has 3 nitrogen and oxygen atoms in total. The maximum Gasteiger partial charge on any atom is 0.225 e. The summed E-state index contributed by atoms with van der Waals surface area (Å²) in [5.41, 5.74) is 0.717. The van der Waals surface area contributed by atoms with Crippen LogP contribution in [0.2, 0.25) is 0 Å². The van der Waals surface area contributed by atoms with Gasteiger partial charge in [-0.2, -0.15) is 0 Å². The van der Waals surface area contributed by atoms with E-state index in [0.29, 0.717) is 35.9 Å². The fourth-order valence-corrected chi connectivity index (χ4v) is 3.39. The van der Waals surface area contributed by atoms with Crippen molar-refractivity contribution in [1.82, 2.24) is 10.2 Å². The van der Waals surface area contributed by atoms with E-state index in [1.807, 2.05) is 17.0 Å². The van der Waals surface area contributed by atoms with Gasteiger partial charge in [-0.3, -0.25) is 4.79 Å². The summed E-state index contributed by atoms with van der Waals surface area (Å²) in [7, 11) is 0. The molecule has 2 atom stereocenters. The smallest absolute Gasteiger partial charge is 0.225 e. The molecule has 0 radical (unpaired) electrons. The predicted molar refractivity (Wildman–Crippen MR) is 84.7 cm³/mol. The minimum atomic E-state index is -0.149. The Morgan fingerprint density at radius 3 is 2.77 bits per heavy atom. The van der Waals surface area contributed by atoms with Crippen LogP contribution in [0.4, 0.5) is 4.39 Å². The van der Waals surface area contributed by atoms with Crippen molar-refractivity contribution in [2.45, 2.75) is 45.2 Å². The van der Waals surface area contributed by atoms with E-state index < -0.39 is 0 Å². The molecule has 0 bridgehead atoms. The van der Waals surface area contributed by atoms with Gasteiger partial charge in [0.1, 0.15) is 5.82 Å². The Balaban J connectivity index is 1.55. The van der Waals surface area contributed by atoms with Gasteiger partial charge in [-0.15, -0.1) is 0 Å². The molecule has 0 aromatic heterocycles. The van der Waals surface area contributed by atoms with E-state index in [4.69, 9.17) is 0 Å². The number of piperidine rings is 1. The highest BCUT2D eigenvalue weighted by atomic mass is 19.1. The third-order valence-electron chi connectivity index (χ3n) is 5.01. The first-order valence-electron chi connectivity index (χ1n) is 8.44. The number of halogens is 1. The Morgan fingerprint density at radius 2 is 2.09 bits per heavy atom. The highest BCUT2D eigenvalue weighted by Crippen LogP contribution is 2.33. The molecule has 2 unspecified atom stereocenters. The largest absolute Gasteiger partial charge is 0.342 e. The average Bonchev–Trinajstić information content (AvgIpc) is 3.38. The lowest BCUT2D eigenvalue weighted by atomic mass is 9.89. The van der Waals surface area contributed by atoms with Crippen molar-refractivity contribution in [3.63, 3.8) is 0 Å². The number of nitrogens with zero attached hydrogens (tertiary/aromatic N) is 1. The summed E-state index contributed by atoms with van der Waals surface area (Å²) in [4.78, 5) is 14.3. The van der Waals surface area contributed by atoms with Crippen LogP contribution in [0.5, 0.6) is 0 Å². The van der Waals surface area contributed by atoms with Gasteiger partial charge in [0.25, 0.3) is 0 Å². The van der Waals surface area contributed by atoms with Gasteiger partial charge < -0.3 is 10.2 Å². The third kappa shape index (κ3) is 3.49. The minimum absolute atomic E-state index is 0.149. The first kappa shape index (κ1) is 15.5. The van der Waals surface area contributed by atoms with Crippen LogP contribution in [0.1, 0.15) is 38.2 Å². The van der Waals surface area contributed by atoms with E-state index in [0.717, 1.165) is 38.8 Å². The number of likely N-dealkylation sites (tertiary alicyclic amines) is 1. The molecule has 4 heteroatoms. The van der Waals surface area contributed by atoms with Gasteiger partial charge in [-0.25, -0.2) is 4.39 Å². The molecule has 120 valence electrons. The second kappa shape index (κ2) is 6.78. The van der Waals surface area contributed by atoms with Crippen molar-refractivity contribution < 1.29 is 9.18 Å². The zero-order valence-electron chi connectivity index (χ0n) is 13.2. The number of amides is 1. The first-order valence-corrected chi connectivity index (χ1v) is 8.44. The molecule has 0 spiro atoms. The molecule has 1 N–H and O–H groups in total. The quantitative estimate of drug-likeness (QED) is 0.907. The van der Waals surface area contributed by atoms with E-state index >= 15 is 0 Å². The lowest BCUT2D eigenvalue weighted by molar-refractivity contribution is -0.134. The van der Waals surface area contributed by atoms with Crippen LogP contribution in [-0.2, 0) is 11.3 Å². The molecule has 2 fully saturated rings. The molecule has 1 aliphatic carbocycles. The lowest BCUT2D eigenvalue weighted by Crippen LogP contribution is -2.51. The zero-order valence-corrected chi connectivity index (χ0v) is 13.2. The Morgan fingerprint density at radius 1 is 1.32 bits per heavy atom. The fourth-order valence-electron chi connectivity index (χ4n) is 3.39. The van der Waals surface area contributed by atoms with Gasteiger partial charge in [-0.1, -0.05) is 31.5 Å². The van der Waals surface area contributed by atoms with Gasteiger partial charge in [-0.05, 0) is 31.2 Å². The lowest BCUT2D eigenvalue weighted by Gasteiger charge is -2.39. The summed E-state index contributed by atoms with van der Waals surface area (Å²) in [5, 5.41) is 3.51. The summed E-state index contributed by atoms with van der Waals surface area (Å²) in [6.07, 6.45) is 4.15. The van der Waals surface area contributed by atoms with Crippen molar-refractivity contribution in [2.24, 2.45) is 11.8 Å². The Hall–Kier alpha value is -1.42. The van der Waals surface area contributed by atoms with Crippen LogP contribution in [0, 0.1) is 17.7 Å². The molecule has 3 rings (SSSR count). The van der Waals surface area contributed by atoms with Gasteiger partial charge in [0, 0.05) is 37.2 Å². The van der Waals surface area contributed by atoms with Crippen molar-refractivity contribution in [3.8, 4) is 0 Å². The number of rotatable bonds is 5. The highest BCUT2D eigenvalue weighted by Gasteiger charge is 2.37. The molecule has 1 heterocycles. The van der Waals surface area contributed by atoms with Crippen molar-refractivity contribution in [2.75, 3.05) is 13.1 Å².